The average molecular weight is 327 g/mol. The summed E-state index contributed by atoms with van der Waals surface area (Å²) in [5.74, 6) is 0.675. The van der Waals surface area contributed by atoms with Crippen LogP contribution in [0.3, 0.4) is 0 Å². The third kappa shape index (κ3) is 3.15. The summed E-state index contributed by atoms with van der Waals surface area (Å²) in [6.07, 6.45) is 0. The second-order valence-corrected chi connectivity index (χ2v) is 6.00. The third-order valence-corrected chi connectivity index (χ3v) is 4.09. The predicted molar refractivity (Wildman–Crippen MR) is 101 cm³/mol. The number of aromatic amines is 1. The van der Waals surface area contributed by atoms with Gasteiger partial charge in [0.05, 0.1) is 11.0 Å². The van der Waals surface area contributed by atoms with Gasteiger partial charge < -0.3 is 10.3 Å². The van der Waals surface area contributed by atoms with E-state index in [1.54, 1.807) is 0 Å². The first-order chi connectivity index (χ1) is 12.2. The van der Waals surface area contributed by atoms with Crippen LogP contribution < -0.4 is 5.32 Å². The maximum absolute atomic E-state index is 12.3. The number of hydrogen-bond donors (Lipinski definition) is 2. The molecule has 0 fully saturated rings. The SMILES string of the molecule is Cc1ccc2nc(-c3ccc(C(=O)Nc4ccccc4)cc3)[nH]c2c1. The Morgan fingerprint density at radius 3 is 2.48 bits per heavy atom. The molecule has 4 nitrogen and oxygen atoms in total. The van der Waals surface area contributed by atoms with E-state index < -0.39 is 0 Å². The molecule has 3 aromatic carbocycles. The monoisotopic (exact) mass is 327 g/mol. The van der Waals surface area contributed by atoms with Crippen molar-refractivity contribution in [3.8, 4) is 11.4 Å². The van der Waals surface area contributed by atoms with Crippen molar-refractivity contribution >= 4 is 22.6 Å². The van der Waals surface area contributed by atoms with Crippen LogP contribution in [0.25, 0.3) is 22.4 Å². The highest BCUT2D eigenvalue weighted by Crippen LogP contribution is 2.22. The van der Waals surface area contributed by atoms with Gasteiger partial charge in [-0.05, 0) is 48.9 Å². The molecule has 4 rings (SSSR count). The van der Waals surface area contributed by atoms with E-state index in [1.807, 2.05) is 66.7 Å². The Hall–Kier alpha value is -3.40. The van der Waals surface area contributed by atoms with Gasteiger partial charge in [0.15, 0.2) is 0 Å². The van der Waals surface area contributed by atoms with Crippen LogP contribution in [0.15, 0.2) is 72.8 Å². The fourth-order valence-electron chi connectivity index (χ4n) is 2.76. The minimum Gasteiger partial charge on any atom is -0.338 e. The molecule has 25 heavy (non-hydrogen) atoms. The highest BCUT2D eigenvalue weighted by atomic mass is 16.1. The fraction of sp³-hybridized carbons (Fsp3) is 0.0476. The summed E-state index contributed by atoms with van der Waals surface area (Å²) < 4.78 is 0. The number of carbonyl (C=O) groups is 1. The summed E-state index contributed by atoms with van der Waals surface area (Å²) in [5.41, 5.74) is 5.48. The smallest absolute Gasteiger partial charge is 0.255 e. The number of imidazole rings is 1. The zero-order valence-electron chi connectivity index (χ0n) is 13.8. The summed E-state index contributed by atoms with van der Waals surface area (Å²) in [6.45, 7) is 2.06. The van der Waals surface area contributed by atoms with Gasteiger partial charge in [0.25, 0.3) is 5.91 Å². The minimum absolute atomic E-state index is 0.127. The van der Waals surface area contributed by atoms with E-state index in [9.17, 15) is 4.79 Å². The molecule has 0 unspecified atom stereocenters. The lowest BCUT2D eigenvalue weighted by atomic mass is 10.1. The molecular formula is C21H17N3O. The van der Waals surface area contributed by atoms with Gasteiger partial charge in [-0.1, -0.05) is 36.4 Å². The Morgan fingerprint density at radius 1 is 0.960 bits per heavy atom. The number of amides is 1. The van der Waals surface area contributed by atoms with Crippen LogP contribution in [0, 0.1) is 6.92 Å². The van der Waals surface area contributed by atoms with E-state index in [-0.39, 0.29) is 5.91 Å². The Morgan fingerprint density at radius 2 is 1.72 bits per heavy atom. The number of anilines is 1. The van der Waals surface area contributed by atoms with Gasteiger partial charge in [-0.15, -0.1) is 0 Å². The van der Waals surface area contributed by atoms with Crippen molar-refractivity contribution in [1.29, 1.82) is 0 Å². The molecule has 0 radical (unpaired) electrons. The fourth-order valence-corrected chi connectivity index (χ4v) is 2.76. The van der Waals surface area contributed by atoms with Crippen molar-refractivity contribution < 1.29 is 4.79 Å². The Labute approximate surface area is 145 Å². The first-order valence-electron chi connectivity index (χ1n) is 8.12. The molecule has 0 aliphatic carbocycles. The zero-order valence-corrected chi connectivity index (χ0v) is 13.8. The van der Waals surface area contributed by atoms with Crippen LogP contribution in [-0.4, -0.2) is 15.9 Å². The van der Waals surface area contributed by atoms with Crippen molar-refractivity contribution in [2.75, 3.05) is 5.32 Å². The van der Waals surface area contributed by atoms with Crippen molar-refractivity contribution in [1.82, 2.24) is 9.97 Å². The number of aromatic nitrogens is 2. The quantitative estimate of drug-likeness (QED) is 0.568. The van der Waals surface area contributed by atoms with E-state index in [0.717, 1.165) is 28.1 Å². The molecular weight excluding hydrogens is 310 g/mol. The molecule has 1 heterocycles. The number of nitrogens with zero attached hydrogens (tertiary/aromatic N) is 1. The number of aryl methyl sites for hydroxylation is 1. The standard InChI is InChI=1S/C21H17N3O/c1-14-7-12-18-19(13-14)24-20(23-18)15-8-10-16(11-9-15)21(25)22-17-5-3-2-4-6-17/h2-13H,1H3,(H,22,25)(H,23,24). The maximum atomic E-state index is 12.3. The summed E-state index contributed by atoms with van der Waals surface area (Å²) in [4.78, 5) is 20.2. The Balaban J connectivity index is 1.57. The van der Waals surface area contributed by atoms with E-state index >= 15 is 0 Å². The number of rotatable bonds is 3. The van der Waals surface area contributed by atoms with E-state index in [1.165, 1.54) is 5.56 Å². The summed E-state index contributed by atoms with van der Waals surface area (Å²) in [5, 5.41) is 2.88. The lowest BCUT2D eigenvalue weighted by molar-refractivity contribution is 0.102. The minimum atomic E-state index is -0.127. The molecule has 0 spiro atoms. The van der Waals surface area contributed by atoms with E-state index in [4.69, 9.17) is 0 Å². The van der Waals surface area contributed by atoms with Crippen molar-refractivity contribution in [2.45, 2.75) is 6.92 Å². The predicted octanol–water partition coefficient (Wildman–Crippen LogP) is 4.79. The first-order valence-corrected chi connectivity index (χ1v) is 8.12. The van der Waals surface area contributed by atoms with Gasteiger partial charge in [-0.25, -0.2) is 4.98 Å². The molecule has 0 saturated heterocycles. The highest BCUT2D eigenvalue weighted by molar-refractivity contribution is 6.04. The first kappa shape index (κ1) is 15.1. The van der Waals surface area contributed by atoms with Crippen LogP contribution >= 0.6 is 0 Å². The molecule has 4 heteroatoms. The lowest BCUT2D eigenvalue weighted by Crippen LogP contribution is -2.11. The van der Waals surface area contributed by atoms with Gasteiger partial charge in [-0.3, -0.25) is 4.79 Å². The molecule has 122 valence electrons. The van der Waals surface area contributed by atoms with Crippen LogP contribution in [-0.2, 0) is 0 Å². The Kier molecular flexibility index (Phi) is 3.78. The molecule has 0 atom stereocenters. The van der Waals surface area contributed by atoms with Gasteiger partial charge in [-0.2, -0.15) is 0 Å². The number of benzene rings is 3. The number of para-hydroxylation sites is 1. The Bertz CT molecular complexity index is 1030. The van der Waals surface area contributed by atoms with Crippen LogP contribution in [0.4, 0.5) is 5.69 Å². The molecule has 4 aromatic rings. The number of fused-ring (bicyclic) bond motifs is 1. The molecule has 1 amide bonds. The van der Waals surface area contributed by atoms with Gasteiger partial charge in [0, 0.05) is 16.8 Å². The van der Waals surface area contributed by atoms with Gasteiger partial charge >= 0.3 is 0 Å². The van der Waals surface area contributed by atoms with E-state index in [0.29, 0.717) is 5.56 Å². The number of H-pyrrole nitrogens is 1. The van der Waals surface area contributed by atoms with Crippen LogP contribution in [0.2, 0.25) is 0 Å². The average Bonchev–Trinajstić information content (AvgIpc) is 3.06. The second kappa shape index (κ2) is 6.24. The normalized spacial score (nSPS) is 10.8. The summed E-state index contributed by atoms with van der Waals surface area (Å²) in [7, 11) is 0. The highest BCUT2D eigenvalue weighted by Gasteiger charge is 2.09. The van der Waals surface area contributed by atoms with Crippen molar-refractivity contribution in [2.24, 2.45) is 0 Å². The van der Waals surface area contributed by atoms with E-state index in [2.05, 4.69) is 28.3 Å². The number of carbonyl (C=O) groups excluding carboxylic acids is 1. The second-order valence-electron chi connectivity index (χ2n) is 6.00. The molecule has 0 bridgehead atoms. The van der Waals surface area contributed by atoms with Crippen molar-refractivity contribution in [3.05, 3.63) is 83.9 Å². The molecule has 0 aliphatic rings. The largest absolute Gasteiger partial charge is 0.338 e. The van der Waals surface area contributed by atoms with Gasteiger partial charge in [0.2, 0.25) is 0 Å². The molecule has 0 saturated carbocycles. The van der Waals surface area contributed by atoms with Gasteiger partial charge in [0.1, 0.15) is 5.82 Å². The van der Waals surface area contributed by atoms with Crippen molar-refractivity contribution in [3.63, 3.8) is 0 Å². The third-order valence-electron chi connectivity index (χ3n) is 4.09. The molecule has 0 aliphatic heterocycles. The topological polar surface area (TPSA) is 57.8 Å². The maximum Gasteiger partial charge on any atom is 0.255 e. The molecule has 1 aromatic heterocycles. The van der Waals surface area contributed by atoms with Crippen LogP contribution in [0.5, 0.6) is 0 Å². The lowest BCUT2D eigenvalue weighted by Gasteiger charge is -2.05. The zero-order chi connectivity index (χ0) is 17.2. The summed E-state index contributed by atoms with van der Waals surface area (Å²) >= 11 is 0. The van der Waals surface area contributed by atoms with Crippen LogP contribution in [0.1, 0.15) is 15.9 Å². The number of nitrogens with one attached hydrogen (secondary N) is 2. The molecule has 2 N–H and O–H groups in total. The summed E-state index contributed by atoms with van der Waals surface area (Å²) in [6, 6.07) is 23.0. The number of hydrogen-bond acceptors (Lipinski definition) is 2.